The largest absolute Gasteiger partial charge is 0.260 e. The maximum atomic E-state index is 11.9. The average Bonchev–Trinajstić information content (AvgIpc) is 2.45. The Morgan fingerprint density at radius 3 is 2.75 bits per heavy atom. The minimum Gasteiger partial charge on any atom is -0.235 e. The number of rotatable bonds is 4. The Hall–Kier alpha value is -0.910. The van der Waals surface area contributed by atoms with E-state index >= 15 is 0 Å². The van der Waals surface area contributed by atoms with Crippen molar-refractivity contribution in [2.45, 2.75) is 24.4 Å². The lowest BCUT2D eigenvalue weighted by Gasteiger charge is -2.11. The number of sulfonamides is 1. The Labute approximate surface area is 103 Å². The third-order valence-electron chi connectivity index (χ3n) is 1.77. The molecule has 0 amide bonds. The summed E-state index contributed by atoms with van der Waals surface area (Å²) in [6.07, 6.45) is 5.42. The Bertz CT molecular complexity index is 497. The van der Waals surface area contributed by atoms with Gasteiger partial charge in [-0.05, 0) is 22.9 Å². The standard InChI is InChI=1S/C8H11BrN4O2S/c1-4-5-6(2)11-16(14,15)8-7(9)10-12-13(8)3/h1,6,11H,5H2,2-3H3. The number of terminal acetylenes is 1. The summed E-state index contributed by atoms with van der Waals surface area (Å²) in [5.41, 5.74) is 0. The van der Waals surface area contributed by atoms with E-state index in [0.717, 1.165) is 0 Å². The highest BCUT2D eigenvalue weighted by atomic mass is 79.9. The number of nitrogens with zero attached hydrogens (tertiary/aromatic N) is 3. The van der Waals surface area contributed by atoms with Crippen molar-refractivity contribution in [3.63, 3.8) is 0 Å². The summed E-state index contributed by atoms with van der Waals surface area (Å²) >= 11 is 3.03. The third-order valence-corrected chi connectivity index (χ3v) is 4.25. The maximum absolute atomic E-state index is 11.9. The smallest absolute Gasteiger partial charge is 0.235 e. The van der Waals surface area contributed by atoms with Crippen LogP contribution in [-0.4, -0.2) is 29.5 Å². The molecule has 0 saturated carbocycles. The van der Waals surface area contributed by atoms with Crippen LogP contribution >= 0.6 is 15.9 Å². The second kappa shape index (κ2) is 4.95. The van der Waals surface area contributed by atoms with Gasteiger partial charge in [-0.3, -0.25) is 0 Å². The van der Waals surface area contributed by atoms with Crippen LogP contribution in [0, 0.1) is 12.3 Å². The van der Waals surface area contributed by atoms with Crippen LogP contribution in [0.15, 0.2) is 9.63 Å². The van der Waals surface area contributed by atoms with Crippen LogP contribution in [0.1, 0.15) is 13.3 Å². The number of hydrogen-bond donors (Lipinski definition) is 1. The van der Waals surface area contributed by atoms with Gasteiger partial charge in [-0.1, -0.05) is 5.21 Å². The Morgan fingerprint density at radius 1 is 1.69 bits per heavy atom. The predicted octanol–water partition coefficient (Wildman–Crippen LogP) is 0.268. The molecule has 1 aromatic heterocycles. The van der Waals surface area contributed by atoms with Crippen LogP contribution < -0.4 is 4.72 Å². The average molecular weight is 307 g/mol. The van der Waals surface area contributed by atoms with Gasteiger partial charge >= 0.3 is 0 Å². The van der Waals surface area contributed by atoms with Crippen molar-refractivity contribution in [1.29, 1.82) is 0 Å². The topological polar surface area (TPSA) is 76.9 Å². The van der Waals surface area contributed by atoms with Gasteiger partial charge < -0.3 is 0 Å². The summed E-state index contributed by atoms with van der Waals surface area (Å²) in [5.74, 6) is 2.39. The Balaban J connectivity index is 3.00. The van der Waals surface area contributed by atoms with Crippen LogP contribution in [0.2, 0.25) is 0 Å². The summed E-state index contributed by atoms with van der Waals surface area (Å²) in [6.45, 7) is 1.69. The first-order valence-electron chi connectivity index (χ1n) is 4.39. The van der Waals surface area contributed by atoms with E-state index in [9.17, 15) is 8.42 Å². The zero-order valence-corrected chi connectivity index (χ0v) is 11.2. The first-order valence-corrected chi connectivity index (χ1v) is 6.67. The summed E-state index contributed by atoms with van der Waals surface area (Å²) < 4.78 is 27.6. The zero-order valence-electron chi connectivity index (χ0n) is 8.81. The van der Waals surface area contributed by atoms with Crippen molar-refractivity contribution in [2.75, 3.05) is 0 Å². The van der Waals surface area contributed by atoms with Gasteiger partial charge in [-0.25, -0.2) is 17.8 Å². The van der Waals surface area contributed by atoms with E-state index in [-0.39, 0.29) is 15.7 Å². The molecule has 0 radical (unpaired) electrons. The van der Waals surface area contributed by atoms with Crippen LogP contribution in [0.5, 0.6) is 0 Å². The molecule has 16 heavy (non-hydrogen) atoms. The van der Waals surface area contributed by atoms with E-state index in [1.165, 1.54) is 11.7 Å². The SMILES string of the molecule is C#CCC(C)NS(=O)(=O)c1c(Br)nnn1C. The van der Waals surface area contributed by atoms with Gasteiger partial charge in [0.2, 0.25) is 5.03 Å². The van der Waals surface area contributed by atoms with Crippen LogP contribution in [0.4, 0.5) is 0 Å². The van der Waals surface area contributed by atoms with Crippen molar-refractivity contribution >= 4 is 26.0 Å². The minimum absolute atomic E-state index is 0.0172. The summed E-state index contributed by atoms with van der Waals surface area (Å²) in [4.78, 5) is 0. The third kappa shape index (κ3) is 2.81. The van der Waals surface area contributed by atoms with Crippen molar-refractivity contribution in [3.05, 3.63) is 4.60 Å². The zero-order chi connectivity index (χ0) is 12.3. The van der Waals surface area contributed by atoms with Gasteiger partial charge in [0.05, 0.1) is 0 Å². The molecular weight excluding hydrogens is 296 g/mol. The highest BCUT2D eigenvalue weighted by Gasteiger charge is 2.25. The monoisotopic (exact) mass is 306 g/mol. The number of halogens is 1. The molecule has 0 aliphatic heterocycles. The molecule has 1 aromatic rings. The quantitative estimate of drug-likeness (QED) is 0.810. The number of hydrogen-bond acceptors (Lipinski definition) is 4. The molecule has 0 spiro atoms. The maximum Gasteiger partial charge on any atom is 0.260 e. The lowest BCUT2D eigenvalue weighted by Crippen LogP contribution is -2.33. The van der Waals surface area contributed by atoms with Gasteiger partial charge in [0, 0.05) is 19.5 Å². The van der Waals surface area contributed by atoms with Gasteiger partial charge in [0.25, 0.3) is 10.0 Å². The van der Waals surface area contributed by atoms with E-state index in [1.54, 1.807) is 6.92 Å². The first-order chi connectivity index (χ1) is 7.38. The molecule has 1 atom stereocenters. The van der Waals surface area contributed by atoms with Gasteiger partial charge in [0.15, 0.2) is 4.60 Å². The fourth-order valence-corrected chi connectivity index (χ4v) is 3.49. The van der Waals surface area contributed by atoms with Crippen LogP contribution in [-0.2, 0) is 17.1 Å². The number of aryl methyl sites for hydroxylation is 1. The Morgan fingerprint density at radius 2 is 2.31 bits per heavy atom. The van der Waals surface area contributed by atoms with Crippen molar-refractivity contribution < 1.29 is 8.42 Å². The second-order valence-corrected chi connectivity index (χ2v) is 5.62. The van der Waals surface area contributed by atoms with Gasteiger partial charge in [-0.2, -0.15) is 0 Å². The van der Waals surface area contributed by atoms with E-state index < -0.39 is 10.0 Å². The fourth-order valence-electron chi connectivity index (χ4n) is 1.15. The molecule has 0 aliphatic carbocycles. The molecule has 0 aliphatic rings. The predicted molar refractivity (Wildman–Crippen MR) is 61.9 cm³/mol. The molecule has 1 unspecified atom stereocenters. The van der Waals surface area contributed by atoms with E-state index in [1.807, 2.05) is 0 Å². The molecule has 1 rings (SSSR count). The molecular formula is C8H11BrN4O2S. The summed E-state index contributed by atoms with van der Waals surface area (Å²) in [6, 6.07) is -0.336. The lowest BCUT2D eigenvalue weighted by atomic mass is 10.3. The van der Waals surface area contributed by atoms with E-state index in [4.69, 9.17) is 6.42 Å². The minimum atomic E-state index is -3.65. The normalized spacial score (nSPS) is 13.4. The van der Waals surface area contributed by atoms with Crippen molar-refractivity contribution in [1.82, 2.24) is 19.7 Å². The first kappa shape index (κ1) is 13.2. The highest BCUT2D eigenvalue weighted by Crippen LogP contribution is 2.17. The Kier molecular flexibility index (Phi) is 4.07. The number of nitrogens with one attached hydrogen (secondary N) is 1. The van der Waals surface area contributed by atoms with Gasteiger partial charge in [0.1, 0.15) is 0 Å². The van der Waals surface area contributed by atoms with Crippen LogP contribution in [0.25, 0.3) is 0 Å². The molecule has 0 fully saturated rings. The molecule has 1 N–H and O–H groups in total. The highest BCUT2D eigenvalue weighted by molar-refractivity contribution is 9.10. The van der Waals surface area contributed by atoms with E-state index in [2.05, 4.69) is 36.9 Å². The van der Waals surface area contributed by atoms with Crippen molar-refractivity contribution in [3.8, 4) is 12.3 Å². The molecule has 8 heteroatoms. The van der Waals surface area contributed by atoms with E-state index in [0.29, 0.717) is 6.42 Å². The summed E-state index contributed by atoms with van der Waals surface area (Å²) in [7, 11) is -2.16. The second-order valence-electron chi connectivity index (χ2n) is 3.24. The molecule has 0 bridgehead atoms. The molecule has 0 aromatic carbocycles. The lowest BCUT2D eigenvalue weighted by molar-refractivity contribution is 0.545. The number of aromatic nitrogens is 3. The molecule has 1 heterocycles. The molecule has 0 saturated heterocycles. The van der Waals surface area contributed by atoms with Gasteiger partial charge in [-0.15, -0.1) is 17.4 Å². The van der Waals surface area contributed by atoms with Crippen molar-refractivity contribution in [2.24, 2.45) is 7.05 Å². The molecule has 88 valence electrons. The fraction of sp³-hybridized carbons (Fsp3) is 0.500. The summed E-state index contributed by atoms with van der Waals surface area (Å²) in [5, 5.41) is 7.18. The van der Waals surface area contributed by atoms with Crippen LogP contribution in [0.3, 0.4) is 0 Å². The molecule has 6 nitrogen and oxygen atoms in total.